The number of aromatic nitrogens is 2. The first-order valence-corrected chi connectivity index (χ1v) is 3.91. The maximum absolute atomic E-state index is 10.5. The smallest absolute Gasteiger partial charge is 0.354 e. The molecule has 0 bridgehead atoms. The summed E-state index contributed by atoms with van der Waals surface area (Å²) in [6.45, 7) is 0. The third kappa shape index (κ3) is 1.81. The number of carboxylic acid groups (broad SMARTS) is 1. The topological polar surface area (TPSA) is 54.6 Å². The molecule has 1 N–H and O–H groups in total. The van der Waals surface area contributed by atoms with Crippen LogP contribution in [0.15, 0.2) is 24.7 Å². The molecule has 0 radical (unpaired) electrons. The van der Waals surface area contributed by atoms with Gasteiger partial charge in [0.15, 0.2) is 5.69 Å². The number of carbonyl (C=O) groups is 1. The van der Waals surface area contributed by atoms with E-state index in [2.05, 4.69) is 4.98 Å². The molecule has 0 aliphatic heterocycles. The summed E-state index contributed by atoms with van der Waals surface area (Å²) >= 11 is 5.72. The second-order valence-corrected chi connectivity index (χ2v) is 3.01. The Bertz CT molecular complexity index is 481. The van der Waals surface area contributed by atoms with Crippen molar-refractivity contribution in [2.24, 2.45) is 0 Å². The van der Waals surface area contributed by atoms with Gasteiger partial charge in [0.1, 0.15) is 6.33 Å². The molecule has 0 saturated heterocycles. The molecule has 0 aromatic carbocycles. The molecule has 6 heteroatoms. The zero-order valence-corrected chi connectivity index (χ0v) is 8.42. The van der Waals surface area contributed by atoms with Crippen molar-refractivity contribution in [2.45, 2.75) is 0 Å². The summed E-state index contributed by atoms with van der Waals surface area (Å²) in [6, 6.07) is 3.14. The molecule has 14 heavy (non-hydrogen) atoms. The van der Waals surface area contributed by atoms with E-state index in [0.29, 0.717) is 5.02 Å². The van der Waals surface area contributed by atoms with Gasteiger partial charge in [-0.15, -0.1) is 12.4 Å². The van der Waals surface area contributed by atoms with Gasteiger partial charge < -0.3 is 9.51 Å². The van der Waals surface area contributed by atoms with Gasteiger partial charge in [0.2, 0.25) is 0 Å². The van der Waals surface area contributed by atoms with Crippen molar-refractivity contribution in [2.75, 3.05) is 0 Å². The number of hydrogen-bond acceptors (Lipinski definition) is 2. The molecule has 0 unspecified atom stereocenters. The van der Waals surface area contributed by atoms with Crippen LogP contribution in [0.4, 0.5) is 0 Å². The molecule has 0 atom stereocenters. The number of carboxylic acids is 1. The highest BCUT2D eigenvalue weighted by atomic mass is 35.5. The number of halogens is 2. The zero-order valence-electron chi connectivity index (χ0n) is 6.85. The first kappa shape index (κ1) is 10.8. The molecule has 0 aliphatic rings. The average molecular weight is 233 g/mol. The molecule has 2 aromatic rings. The summed E-state index contributed by atoms with van der Waals surface area (Å²) in [5.41, 5.74) is 0.736. The van der Waals surface area contributed by atoms with Crippen molar-refractivity contribution in [3.8, 4) is 0 Å². The number of rotatable bonds is 1. The quantitative estimate of drug-likeness (QED) is 0.820. The fourth-order valence-corrected chi connectivity index (χ4v) is 1.31. The van der Waals surface area contributed by atoms with E-state index >= 15 is 0 Å². The van der Waals surface area contributed by atoms with Gasteiger partial charge in [-0.1, -0.05) is 11.6 Å². The van der Waals surface area contributed by atoms with E-state index in [1.807, 2.05) is 0 Å². The Labute approximate surface area is 90.5 Å². The molecule has 2 rings (SSSR count). The standard InChI is InChI=1S/C8H5ClN2O2.ClH/c9-5-1-6-2-7(8(12)13)10-4-11(6)3-5;/h1-4H,(H,12,13);1H. The van der Waals surface area contributed by atoms with Crippen molar-refractivity contribution in [3.63, 3.8) is 0 Å². The van der Waals surface area contributed by atoms with Crippen LogP contribution in [0, 0.1) is 0 Å². The second kappa shape index (κ2) is 3.86. The van der Waals surface area contributed by atoms with Gasteiger partial charge in [0.25, 0.3) is 0 Å². The van der Waals surface area contributed by atoms with Crippen LogP contribution < -0.4 is 0 Å². The van der Waals surface area contributed by atoms with E-state index < -0.39 is 5.97 Å². The Morgan fingerprint density at radius 3 is 2.86 bits per heavy atom. The van der Waals surface area contributed by atoms with Crippen LogP contribution in [-0.4, -0.2) is 20.5 Å². The van der Waals surface area contributed by atoms with E-state index in [1.165, 1.54) is 12.4 Å². The average Bonchev–Trinajstić information content (AvgIpc) is 2.42. The van der Waals surface area contributed by atoms with Crippen LogP contribution in [0.2, 0.25) is 5.02 Å². The first-order chi connectivity index (χ1) is 6.16. The van der Waals surface area contributed by atoms with Gasteiger partial charge in [-0.2, -0.15) is 0 Å². The Hall–Kier alpha value is -1.26. The predicted octanol–water partition coefficient (Wildman–Crippen LogP) is 2.11. The minimum absolute atomic E-state index is 0. The van der Waals surface area contributed by atoms with Gasteiger partial charge in [-0.05, 0) is 12.1 Å². The van der Waals surface area contributed by atoms with Gasteiger partial charge >= 0.3 is 5.97 Å². The molecule has 74 valence electrons. The number of nitrogens with zero attached hydrogens (tertiary/aromatic N) is 2. The molecule has 0 amide bonds. The molecule has 0 aliphatic carbocycles. The summed E-state index contributed by atoms with van der Waals surface area (Å²) in [4.78, 5) is 14.3. The van der Waals surface area contributed by atoms with Crippen molar-refractivity contribution in [1.29, 1.82) is 0 Å². The largest absolute Gasteiger partial charge is 0.477 e. The van der Waals surface area contributed by atoms with Crippen molar-refractivity contribution in [3.05, 3.63) is 35.4 Å². The summed E-state index contributed by atoms with van der Waals surface area (Å²) < 4.78 is 1.66. The normalized spacial score (nSPS) is 9.79. The molecule has 0 saturated carbocycles. The lowest BCUT2D eigenvalue weighted by molar-refractivity contribution is 0.0690. The van der Waals surface area contributed by atoms with Crippen LogP contribution in [0.25, 0.3) is 5.52 Å². The third-order valence-corrected chi connectivity index (χ3v) is 1.88. The highest BCUT2D eigenvalue weighted by Gasteiger charge is 2.05. The van der Waals surface area contributed by atoms with Gasteiger partial charge in [0, 0.05) is 6.20 Å². The van der Waals surface area contributed by atoms with Crippen LogP contribution in [0.3, 0.4) is 0 Å². The van der Waals surface area contributed by atoms with E-state index in [1.54, 1.807) is 16.7 Å². The zero-order chi connectivity index (χ0) is 9.42. The maximum atomic E-state index is 10.5. The summed E-state index contributed by atoms with van der Waals surface area (Å²) in [5, 5.41) is 9.21. The van der Waals surface area contributed by atoms with E-state index in [4.69, 9.17) is 16.7 Å². The molecule has 2 aromatic heterocycles. The van der Waals surface area contributed by atoms with Gasteiger partial charge in [-0.3, -0.25) is 0 Å². The number of fused-ring (bicyclic) bond motifs is 1. The highest BCUT2D eigenvalue weighted by molar-refractivity contribution is 6.31. The van der Waals surface area contributed by atoms with Crippen molar-refractivity contribution >= 4 is 35.5 Å². The summed E-state index contributed by atoms with van der Waals surface area (Å²) in [7, 11) is 0. The summed E-state index contributed by atoms with van der Waals surface area (Å²) in [5.74, 6) is -1.04. The monoisotopic (exact) mass is 232 g/mol. The van der Waals surface area contributed by atoms with Crippen molar-refractivity contribution < 1.29 is 9.90 Å². The number of hydrogen-bond donors (Lipinski definition) is 1. The summed E-state index contributed by atoms with van der Waals surface area (Å²) in [6.07, 6.45) is 3.08. The minimum atomic E-state index is -1.04. The Balaban J connectivity index is 0.000000980. The lowest BCUT2D eigenvalue weighted by Gasteiger charge is -1.94. The first-order valence-electron chi connectivity index (χ1n) is 3.53. The Morgan fingerprint density at radius 1 is 1.50 bits per heavy atom. The molecule has 2 heterocycles. The van der Waals surface area contributed by atoms with Crippen LogP contribution in [0.5, 0.6) is 0 Å². The lowest BCUT2D eigenvalue weighted by atomic mass is 10.3. The van der Waals surface area contributed by atoms with Crippen LogP contribution >= 0.6 is 24.0 Å². The Morgan fingerprint density at radius 2 is 2.21 bits per heavy atom. The SMILES string of the molecule is Cl.O=C(O)c1cc2cc(Cl)cn2cn1. The highest BCUT2D eigenvalue weighted by Crippen LogP contribution is 2.14. The predicted molar refractivity (Wildman–Crippen MR) is 54.4 cm³/mol. The van der Waals surface area contributed by atoms with E-state index in [0.717, 1.165) is 5.52 Å². The van der Waals surface area contributed by atoms with Gasteiger partial charge in [0.05, 0.1) is 10.5 Å². The van der Waals surface area contributed by atoms with E-state index in [-0.39, 0.29) is 18.1 Å². The second-order valence-electron chi connectivity index (χ2n) is 2.57. The van der Waals surface area contributed by atoms with Crippen molar-refractivity contribution in [1.82, 2.24) is 9.38 Å². The number of aromatic carboxylic acids is 1. The Kier molecular flexibility index (Phi) is 2.98. The molecule has 0 fully saturated rings. The molecule has 0 spiro atoms. The van der Waals surface area contributed by atoms with Crippen LogP contribution in [0.1, 0.15) is 10.5 Å². The lowest BCUT2D eigenvalue weighted by Crippen LogP contribution is -2.00. The van der Waals surface area contributed by atoms with Gasteiger partial charge in [-0.25, -0.2) is 9.78 Å². The molecule has 4 nitrogen and oxygen atoms in total. The minimum Gasteiger partial charge on any atom is -0.477 e. The molecular formula is C8H6Cl2N2O2. The van der Waals surface area contributed by atoms with Crippen LogP contribution in [-0.2, 0) is 0 Å². The maximum Gasteiger partial charge on any atom is 0.354 e. The molecular weight excluding hydrogens is 227 g/mol. The fraction of sp³-hybridized carbons (Fsp3) is 0. The fourth-order valence-electron chi connectivity index (χ4n) is 1.10. The third-order valence-electron chi connectivity index (χ3n) is 1.67. The van der Waals surface area contributed by atoms with E-state index in [9.17, 15) is 4.79 Å².